The van der Waals surface area contributed by atoms with Gasteiger partial charge in [0, 0.05) is 11.7 Å². The third-order valence-electron chi connectivity index (χ3n) is 3.52. The number of piperidine rings is 1. The van der Waals surface area contributed by atoms with Crippen LogP contribution in [0, 0.1) is 5.82 Å². The minimum Gasteiger partial charge on any atom is -0.371 e. The summed E-state index contributed by atoms with van der Waals surface area (Å²) >= 11 is 0. The smallest absolute Gasteiger partial charge is 0.245 e. The lowest BCUT2D eigenvalue weighted by molar-refractivity contribution is -0.126. The maximum absolute atomic E-state index is 13.3. The van der Waals surface area contributed by atoms with E-state index in [0.29, 0.717) is 18.5 Å². The molecule has 0 atom stereocenters. The minimum atomic E-state index is -0.663. The molecular weight excluding hydrogens is 257 g/mol. The zero-order chi connectivity index (χ0) is 14.6. The molecule has 0 aromatic heterocycles. The molecule has 0 saturated carbocycles. The van der Waals surface area contributed by atoms with E-state index in [1.807, 2.05) is 13.8 Å². The molecule has 0 unspecified atom stereocenters. The van der Waals surface area contributed by atoms with E-state index in [1.165, 1.54) is 12.1 Å². The number of hydrogen-bond acceptors (Lipinski definition) is 3. The average molecular weight is 279 g/mol. The second kappa shape index (κ2) is 6.22. The highest BCUT2D eigenvalue weighted by molar-refractivity contribution is 5.89. The van der Waals surface area contributed by atoms with Gasteiger partial charge < -0.3 is 16.0 Å². The Hall–Kier alpha value is -1.62. The molecule has 0 spiro atoms. The fourth-order valence-electron chi connectivity index (χ4n) is 2.51. The number of hydrogen-bond donors (Lipinski definition) is 3. The van der Waals surface area contributed by atoms with Crippen molar-refractivity contribution in [3.63, 3.8) is 0 Å². The quantitative estimate of drug-likeness (QED) is 0.789. The first kappa shape index (κ1) is 14.8. The van der Waals surface area contributed by atoms with Crippen molar-refractivity contribution < 1.29 is 9.18 Å². The summed E-state index contributed by atoms with van der Waals surface area (Å²) in [7, 11) is 0. The van der Waals surface area contributed by atoms with Crippen LogP contribution in [0.4, 0.5) is 10.1 Å². The van der Waals surface area contributed by atoms with E-state index in [1.54, 1.807) is 12.1 Å². The number of halogens is 1. The fraction of sp³-hybridized carbons (Fsp3) is 0.533. The summed E-state index contributed by atoms with van der Waals surface area (Å²) in [6.45, 7) is 5.42. The molecule has 1 aliphatic rings. The summed E-state index contributed by atoms with van der Waals surface area (Å²) in [5, 5.41) is 9.46. The van der Waals surface area contributed by atoms with Crippen LogP contribution in [-0.2, 0) is 4.79 Å². The largest absolute Gasteiger partial charge is 0.371 e. The third kappa shape index (κ3) is 3.48. The van der Waals surface area contributed by atoms with Crippen molar-refractivity contribution in [2.75, 3.05) is 18.4 Å². The molecule has 20 heavy (non-hydrogen) atoms. The molecule has 1 heterocycles. The summed E-state index contributed by atoms with van der Waals surface area (Å²) in [5.41, 5.74) is -0.0191. The first-order chi connectivity index (χ1) is 9.52. The second-order valence-corrected chi connectivity index (χ2v) is 5.60. The van der Waals surface area contributed by atoms with E-state index < -0.39 is 5.54 Å². The van der Waals surface area contributed by atoms with E-state index >= 15 is 0 Å². The lowest BCUT2D eigenvalue weighted by Crippen LogP contribution is -2.58. The molecule has 5 heteroatoms. The predicted molar refractivity (Wildman–Crippen MR) is 78.1 cm³/mol. The lowest BCUT2D eigenvalue weighted by Gasteiger charge is -2.38. The van der Waals surface area contributed by atoms with Gasteiger partial charge in [-0.15, -0.1) is 0 Å². The SMILES string of the molecule is CC(C)NC(=O)C1(Nc2cccc(F)c2)CCNCC1. The molecule has 0 aliphatic carbocycles. The number of carbonyl (C=O) groups excluding carboxylic acids is 1. The molecule has 3 N–H and O–H groups in total. The summed E-state index contributed by atoms with van der Waals surface area (Å²) in [5.74, 6) is -0.318. The third-order valence-corrected chi connectivity index (χ3v) is 3.52. The van der Waals surface area contributed by atoms with Crippen molar-refractivity contribution in [2.45, 2.75) is 38.3 Å². The first-order valence-electron chi connectivity index (χ1n) is 7.07. The Bertz CT molecular complexity index is 470. The highest BCUT2D eigenvalue weighted by atomic mass is 19.1. The zero-order valence-electron chi connectivity index (χ0n) is 12.0. The van der Waals surface area contributed by atoms with Gasteiger partial charge in [0.1, 0.15) is 11.4 Å². The number of carbonyl (C=O) groups is 1. The molecule has 1 aromatic carbocycles. The van der Waals surface area contributed by atoms with Gasteiger partial charge in [-0.1, -0.05) is 6.07 Å². The van der Waals surface area contributed by atoms with Gasteiger partial charge in [0.15, 0.2) is 0 Å². The minimum absolute atomic E-state index is 0.0155. The monoisotopic (exact) mass is 279 g/mol. The van der Waals surface area contributed by atoms with Gasteiger partial charge in [-0.05, 0) is 58.0 Å². The highest BCUT2D eigenvalue weighted by Gasteiger charge is 2.39. The average Bonchev–Trinajstić information content (AvgIpc) is 2.39. The molecule has 1 saturated heterocycles. The Morgan fingerprint density at radius 2 is 2.05 bits per heavy atom. The number of rotatable bonds is 4. The van der Waals surface area contributed by atoms with Crippen LogP contribution in [0.25, 0.3) is 0 Å². The molecule has 0 bridgehead atoms. The van der Waals surface area contributed by atoms with Crippen LogP contribution in [-0.4, -0.2) is 30.6 Å². The van der Waals surface area contributed by atoms with Crippen molar-refractivity contribution in [1.29, 1.82) is 0 Å². The first-order valence-corrected chi connectivity index (χ1v) is 7.07. The predicted octanol–water partition coefficient (Wildman–Crippen LogP) is 1.88. The van der Waals surface area contributed by atoms with Crippen LogP contribution in [0.1, 0.15) is 26.7 Å². The molecule has 1 fully saturated rings. The topological polar surface area (TPSA) is 53.2 Å². The van der Waals surface area contributed by atoms with E-state index in [9.17, 15) is 9.18 Å². The molecule has 110 valence electrons. The van der Waals surface area contributed by atoms with Crippen molar-refractivity contribution in [3.05, 3.63) is 30.1 Å². The van der Waals surface area contributed by atoms with Crippen LogP contribution in [0.3, 0.4) is 0 Å². The zero-order valence-corrected chi connectivity index (χ0v) is 12.0. The second-order valence-electron chi connectivity index (χ2n) is 5.60. The van der Waals surface area contributed by atoms with Gasteiger partial charge in [0.25, 0.3) is 0 Å². The molecule has 1 aromatic rings. The molecule has 0 radical (unpaired) electrons. The van der Waals surface area contributed by atoms with Crippen LogP contribution >= 0.6 is 0 Å². The molecule has 1 amide bonds. The van der Waals surface area contributed by atoms with Gasteiger partial charge in [0.2, 0.25) is 5.91 Å². The number of nitrogens with one attached hydrogen (secondary N) is 3. The standard InChI is InChI=1S/C15H22FN3O/c1-11(2)18-14(20)15(6-8-17-9-7-15)19-13-5-3-4-12(16)10-13/h3-5,10-11,17,19H,6-9H2,1-2H3,(H,18,20). The van der Waals surface area contributed by atoms with Crippen LogP contribution in [0.5, 0.6) is 0 Å². The molecule has 2 rings (SSSR count). The van der Waals surface area contributed by atoms with Crippen molar-refractivity contribution >= 4 is 11.6 Å². The Balaban J connectivity index is 2.20. The fourth-order valence-corrected chi connectivity index (χ4v) is 2.51. The maximum Gasteiger partial charge on any atom is 0.245 e. The summed E-state index contributed by atoms with van der Waals surface area (Å²) < 4.78 is 13.3. The summed E-state index contributed by atoms with van der Waals surface area (Å²) in [6, 6.07) is 6.34. The number of amides is 1. The van der Waals surface area contributed by atoms with Gasteiger partial charge >= 0.3 is 0 Å². The Morgan fingerprint density at radius 1 is 1.35 bits per heavy atom. The Morgan fingerprint density at radius 3 is 2.65 bits per heavy atom. The Labute approximate surface area is 119 Å². The van der Waals surface area contributed by atoms with Gasteiger partial charge in [-0.2, -0.15) is 0 Å². The Kier molecular flexibility index (Phi) is 4.60. The van der Waals surface area contributed by atoms with E-state index in [4.69, 9.17) is 0 Å². The maximum atomic E-state index is 13.3. The van der Waals surface area contributed by atoms with E-state index in [2.05, 4.69) is 16.0 Å². The van der Waals surface area contributed by atoms with Crippen LogP contribution < -0.4 is 16.0 Å². The van der Waals surface area contributed by atoms with Crippen molar-refractivity contribution in [2.24, 2.45) is 0 Å². The van der Waals surface area contributed by atoms with Gasteiger partial charge in [0.05, 0.1) is 0 Å². The van der Waals surface area contributed by atoms with E-state index in [-0.39, 0.29) is 17.8 Å². The van der Waals surface area contributed by atoms with E-state index in [0.717, 1.165) is 13.1 Å². The van der Waals surface area contributed by atoms with Gasteiger partial charge in [-0.25, -0.2) is 4.39 Å². The number of benzene rings is 1. The number of anilines is 1. The van der Waals surface area contributed by atoms with Crippen LogP contribution in [0.2, 0.25) is 0 Å². The molecule has 1 aliphatic heterocycles. The van der Waals surface area contributed by atoms with Gasteiger partial charge in [-0.3, -0.25) is 4.79 Å². The molecule has 4 nitrogen and oxygen atoms in total. The van der Waals surface area contributed by atoms with Crippen molar-refractivity contribution in [3.8, 4) is 0 Å². The summed E-state index contributed by atoms with van der Waals surface area (Å²) in [6.07, 6.45) is 1.37. The summed E-state index contributed by atoms with van der Waals surface area (Å²) in [4.78, 5) is 12.5. The lowest BCUT2D eigenvalue weighted by atomic mass is 9.86. The highest BCUT2D eigenvalue weighted by Crippen LogP contribution is 2.25. The molecular formula is C15H22FN3O. The van der Waals surface area contributed by atoms with Crippen molar-refractivity contribution in [1.82, 2.24) is 10.6 Å². The normalized spacial score (nSPS) is 17.8. The van der Waals surface area contributed by atoms with Crippen LogP contribution in [0.15, 0.2) is 24.3 Å².